The summed E-state index contributed by atoms with van der Waals surface area (Å²) < 4.78 is 27.3. The van der Waals surface area contributed by atoms with Crippen LogP contribution in [0.5, 0.6) is 0 Å². The maximum absolute atomic E-state index is 12.9. The van der Waals surface area contributed by atoms with Crippen molar-refractivity contribution in [3.05, 3.63) is 53.3 Å². The van der Waals surface area contributed by atoms with E-state index >= 15 is 0 Å². The minimum absolute atomic E-state index is 0.0601. The molecule has 1 heterocycles. The van der Waals surface area contributed by atoms with Crippen LogP contribution in [0.3, 0.4) is 0 Å². The van der Waals surface area contributed by atoms with E-state index in [-0.39, 0.29) is 5.91 Å². The molecule has 1 aromatic rings. The van der Waals surface area contributed by atoms with Crippen LogP contribution in [0, 0.1) is 12.8 Å². The van der Waals surface area contributed by atoms with Gasteiger partial charge in [-0.25, -0.2) is 8.42 Å². The predicted octanol–water partition coefficient (Wildman–Crippen LogP) is 2.70. The number of fused-ring (bicyclic) bond motifs is 1. The Hall–Kier alpha value is -2.08. The molecule has 134 valence electrons. The highest BCUT2D eigenvalue weighted by Crippen LogP contribution is 2.41. The molecule has 1 amide bonds. The second-order valence-corrected chi connectivity index (χ2v) is 8.83. The Morgan fingerprint density at radius 3 is 2.52 bits per heavy atom. The first kappa shape index (κ1) is 17.7. The number of benzene rings is 1. The van der Waals surface area contributed by atoms with Gasteiger partial charge in [-0.3, -0.25) is 9.10 Å². The molecule has 0 saturated heterocycles. The molecule has 1 aromatic carbocycles. The topological polar surface area (TPSA) is 57.7 Å². The molecule has 0 radical (unpaired) electrons. The van der Waals surface area contributed by atoms with Crippen molar-refractivity contribution in [3.8, 4) is 0 Å². The number of aryl methyl sites for hydroxylation is 1. The fourth-order valence-corrected chi connectivity index (χ4v) is 4.70. The number of hydrogen-bond donors (Lipinski definition) is 0. The summed E-state index contributed by atoms with van der Waals surface area (Å²) in [6.07, 6.45) is 5.99. The van der Waals surface area contributed by atoms with Crippen molar-refractivity contribution in [1.29, 1.82) is 0 Å². The molecule has 1 atom stereocenters. The largest absolute Gasteiger partial charge is 0.345 e. The number of sulfonamides is 1. The molecule has 1 fully saturated rings. The number of carbonyl (C=O) groups is 1. The van der Waals surface area contributed by atoms with Crippen molar-refractivity contribution in [2.24, 2.45) is 5.92 Å². The summed E-state index contributed by atoms with van der Waals surface area (Å²) in [7, 11) is -0.116. The lowest BCUT2D eigenvalue weighted by molar-refractivity contribution is -0.123. The van der Waals surface area contributed by atoms with Gasteiger partial charge in [-0.05, 0) is 55.4 Å². The Kier molecular flexibility index (Phi) is 4.73. The van der Waals surface area contributed by atoms with E-state index in [4.69, 9.17) is 0 Å². The van der Waals surface area contributed by atoms with Crippen LogP contribution in [0.2, 0.25) is 0 Å². The maximum Gasteiger partial charge on any atom is 0.263 e. The molecule has 0 bridgehead atoms. The van der Waals surface area contributed by atoms with Gasteiger partial charge in [0.1, 0.15) is 0 Å². The summed E-state index contributed by atoms with van der Waals surface area (Å²) in [5, 5.41) is 0. The molecule has 1 unspecified atom stereocenters. The molecule has 3 rings (SSSR count). The first-order valence-electron chi connectivity index (χ1n) is 8.51. The van der Waals surface area contributed by atoms with Gasteiger partial charge in [0.05, 0.1) is 4.90 Å². The zero-order valence-corrected chi connectivity index (χ0v) is 15.7. The van der Waals surface area contributed by atoms with Crippen LogP contribution >= 0.6 is 0 Å². The van der Waals surface area contributed by atoms with Gasteiger partial charge in [0.25, 0.3) is 10.0 Å². The molecular formula is C19H24N2O3S. The van der Waals surface area contributed by atoms with E-state index in [1.165, 1.54) is 9.21 Å². The van der Waals surface area contributed by atoms with Crippen LogP contribution in [0.4, 0.5) is 0 Å². The van der Waals surface area contributed by atoms with E-state index in [0.717, 1.165) is 36.0 Å². The number of carbonyl (C=O) groups excluding carboxylic acids is 1. The number of hydrogen-bond acceptors (Lipinski definition) is 3. The molecule has 0 aromatic heterocycles. The Labute approximate surface area is 149 Å². The minimum atomic E-state index is -3.55. The highest BCUT2D eigenvalue weighted by atomic mass is 32.2. The van der Waals surface area contributed by atoms with Crippen molar-refractivity contribution < 1.29 is 13.2 Å². The Balaban J connectivity index is 1.93. The summed E-state index contributed by atoms with van der Waals surface area (Å²) in [5.41, 5.74) is 2.99. The van der Waals surface area contributed by atoms with Gasteiger partial charge in [0.15, 0.2) is 0 Å². The highest BCUT2D eigenvalue weighted by molar-refractivity contribution is 7.89. The molecule has 1 saturated carbocycles. The fraction of sp³-hybridized carbons (Fsp3) is 0.421. The number of likely N-dealkylation sites (N-methyl/N-ethyl adjacent to an activating group) is 1. The second kappa shape index (κ2) is 6.67. The molecule has 0 spiro atoms. The molecular weight excluding hydrogens is 336 g/mol. The first-order chi connectivity index (χ1) is 11.8. The second-order valence-electron chi connectivity index (χ2n) is 6.94. The minimum Gasteiger partial charge on any atom is -0.345 e. The van der Waals surface area contributed by atoms with Crippen LogP contribution in [0.25, 0.3) is 0 Å². The average Bonchev–Trinajstić information content (AvgIpc) is 2.97. The Bertz CT molecular complexity index is 836. The van der Waals surface area contributed by atoms with Crippen molar-refractivity contribution in [1.82, 2.24) is 9.21 Å². The lowest BCUT2D eigenvalue weighted by Gasteiger charge is -2.29. The SMILES string of the molecule is Cc1ccc(S(=O)(=O)N2C=C3/C(=C\C(=O)N(C)C)CCC3CC2)cc1. The van der Waals surface area contributed by atoms with Gasteiger partial charge in [-0.2, -0.15) is 0 Å². The van der Waals surface area contributed by atoms with Gasteiger partial charge in [-0.1, -0.05) is 17.7 Å². The van der Waals surface area contributed by atoms with Gasteiger partial charge in [0, 0.05) is 32.9 Å². The third-order valence-electron chi connectivity index (χ3n) is 4.92. The van der Waals surface area contributed by atoms with Crippen LogP contribution in [-0.2, 0) is 14.8 Å². The molecule has 5 nitrogen and oxygen atoms in total. The molecule has 1 aliphatic carbocycles. The standard InChI is InChI=1S/C19H24N2O3S/c1-14-4-8-17(9-5-14)25(23,24)21-11-10-15-6-7-16(18(15)13-21)12-19(22)20(2)3/h4-5,8-9,12-13,15H,6-7,10-11H2,1-3H3/b16-12-. The number of amides is 1. The van der Waals surface area contributed by atoms with E-state index in [1.807, 2.05) is 19.1 Å². The quantitative estimate of drug-likeness (QED) is 0.779. The van der Waals surface area contributed by atoms with Crippen LogP contribution < -0.4 is 0 Å². The average molecular weight is 360 g/mol. The summed E-state index contributed by atoms with van der Waals surface area (Å²) in [4.78, 5) is 13.8. The monoisotopic (exact) mass is 360 g/mol. The Morgan fingerprint density at radius 1 is 1.20 bits per heavy atom. The zero-order chi connectivity index (χ0) is 18.2. The van der Waals surface area contributed by atoms with E-state index in [0.29, 0.717) is 17.4 Å². The van der Waals surface area contributed by atoms with E-state index in [9.17, 15) is 13.2 Å². The van der Waals surface area contributed by atoms with E-state index in [1.54, 1.807) is 38.5 Å². The lowest BCUT2D eigenvalue weighted by atomic mass is 9.95. The van der Waals surface area contributed by atoms with E-state index < -0.39 is 10.0 Å². The normalized spacial score (nSPS) is 21.9. The first-order valence-corrected chi connectivity index (χ1v) is 9.95. The summed E-state index contributed by atoms with van der Waals surface area (Å²) in [6, 6.07) is 6.92. The predicted molar refractivity (Wildman–Crippen MR) is 97.3 cm³/mol. The van der Waals surface area contributed by atoms with Crippen molar-refractivity contribution in [2.75, 3.05) is 20.6 Å². The molecule has 2 aliphatic rings. The summed E-state index contributed by atoms with van der Waals surface area (Å²) >= 11 is 0. The fourth-order valence-electron chi connectivity index (χ4n) is 3.35. The van der Waals surface area contributed by atoms with Crippen molar-refractivity contribution in [3.63, 3.8) is 0 Å². The lowest BCUT2D eigenvalue weighted by Crippen LogP contribution is -2.32. The molecule has 1 aliphatic heterocycles. The molecule has 25 heavy (non-hydrogen) atoms. The number of allylic oxidation sites excluding steroid dienone is 2. The number of rotatable bonds is 3. The van der Waals surface area contributed by atoms with Crippen molar-refractivity contribution in [2.45, 2.75) is 31.1 Å². The van der Waals surface area contributed by atoms with Crippen LogP contribution in [0.15, 0.2) is 52.6 Å². The number of nitrogens with zero attached hydrogens (tertiary/aromatic N) is 2. The van der Waals surface area contributed by atoms with E-state index in [2.05, 4.69) is 0 Å². The van der Waals surface area contributed by atoms with Gasteiger partial charge >= 0.3 is 0 Å². The van der Waals surface area contributed by atoms with Gasteiger partial charge < -0.3 is 4.90 Å². The molecule has 0 N–H and O–H groups in total. The summed E-state index contributed by atoms with van der Waals surface area (Å²) in [6.45, 7) is 2.42. The van der Waals surface area contributed by atoms with Gasteiger partial charge in [0.2, 0.25) is 5.91 Å². The molecule has 6 heteroatoms. The van der Waals surface area contributed by atoms with Crippen molar-refractivity contribution >= 4 is 15.9 Å². The van der Waals surface area contributed by atoms with Gasteiger partial charge in [-0.15, -0.1) is 0 Å². The Morgan fingerprint density at radius 2 is 1.88 bits per heavy atom. The maximum atomic E-state index is 12.9. The zero-order valence-electron chi connectivity index (χ0n) is 14.9. The summed E-state index contributed by atoms with van der Waals surface area (Å²) in [5.74, 6) is 0.292. The third kappa shape index (κ3) is 3.49. The highest BCUT2D eigenvalue weighted by Gasteiger charge is 2.34. The van der Waals surface area contributed by atoms with Crippen LogP contribution in [0.1, 0.15) is 24.8 Å². The smallest absolute Gasteiger partial charge is 0.263 e. The van der Waals surface area contributed by atoms with Crippen LogP contribution in [-0.4, -0.2) is 44.2 Å². The third-order valence-corrected chi connectivity index (χ3v) is 6.69.